The van der Waals surface area contributed by atoms with Crippen molar-refractivity contribution in [2.24, 2.45) is 0 Å². The zero-order valence-electron chi connectivity index (χ0n) is 13.0. The predicted molar refractivity (Wildman–Crippen MR) is 85.1 cm³/mol. The number of nitrogens with zero attached hydrogens (tertiary/aromatic N) is 1. The summed E-state index contributed by atoms with van der Waals surface area (Å²) in [6.45, 7) is 0.304. The second-order valence-corrected chi connectivity index (χ2v) is 5.23. The van der Waals surface area contributed by atoms with Crippen molar-refractivity contribution in [1.29, 1.82) is 0 Å². The first-order valence-electron chi connectivity index (χ1n) is 7.39. The van der Waals surface area contributed by atoms with Gasteiger partial charge in [-0.25, -0.2) is 4.79 Å². The van der Waals surface area contributed by atoms with Gasteiger partial charge in [-0.2, -0.15) is 0 Å². The number of imide groups is 1. The Bertz CT molecular complexity index is 800. The summed E-state index contributed by atoms with van der Waals surface area (Å²) < 4.78 is 10.6. The largest absolute Gasteiger partial charge is 0.490 e. The van der Waals surface area contributed by atoms with Crippen LogP contribution in [0.2, 0.25) is 0 Å². The van der Waals surface area contributed by atoms with Crippen LogP contribution in [0.5, 0.6) is 5.75 Å². The quantitative estimate of drug-likeness (QED) is 0.478. The number of fused-ring (bicyclic) bond motifs is 1. The van der Waals surface area contributed by atoms with E-state index in [2.05, 4.69) is 0 Å². The Morgan fingerprint density at radius 2 is 1.67 bits per heavy atom. The van der Waals surface area contributed by atoms with E-state index >= 15 is 0 Å². The van der Waals surface area contributed by atoms with Gasteiger partial charge in [0.05, 0.1) is 16.7 Å². The van der Waals surface area contributed by atoms with Crippen molar-refractivity contribution < 1.29 is 23.9 Å². The van der Waals surface area contributed by atoms with Crippen molar-refractivity contribution in [1.82, 2.24) is 4.90 Å². The molecule has 0 spiro atoms. The molecule has 3 rings (SSSR count). The Labute approximate surface area is 138 Å². The van der Waals surface area contributed by atoms with Gasteiger partial charge in [0.1, 0.15) is 19.0 Å². The highest BCUT2D eigenvalue weighted by Gasteiger charge is 2.33. The summed E-state index contributed by atoms with van der Waals surface area (Å²) in [5.74, 6) is -0.661. The lowest BCUT2D eigenvalue weighted by Gasteiger charge is -2.07. The van der Waals surface area contributed by atoms with Gasteiger partial charge in [-0.05, 0) is 30.3 Å². The molecule has 2 aromatic carbocycles. The van der Waals surface area contributed by atoms with Crippen molar-refractivity contribution in [3.8, 4) is 5.75 Å². The smallest absolute Gasteiger partial charge is 0.338 e. The minimum Gasteiger partial charge on any atom is -0.490 e. The van der Waals surface area contributed by atoms with E-state index < -0.39 is 11.9 Å². The third kappa shape index (κ3) is 2.99. The van der Waals surface area contributed by atoms with E-state index in [1.54, 1.807) is 12.1 Å². The lowest BCUT2D eigenvalue weighted by molar-refractivity contribution is 0.0450. The summed E-state index contributed by atoms with van der Waals surface area (Å²) in [6.07, 6.45) is 0. The van der Waals surface area contributed by atoms with Crippen molar-refractivity contribution in [2.45, 2.75) is 0 Å². The second kappa shape index (κ2) is 6.54. The number of amides is 2. The summed E-state index contributed by atoms with van der Waals surface area (Å²) in [5, 5.41) is 0. The molecule has 0 radical (unpaired) electrons. The average molecular weight is 325 g/mol. The van der Waals surface area contributed by atoms with E-state index in [0.29, 0.717) is 11.3 Å². The zero-order chi connectivity index (χ0) is 17.1. The van der Waals surface area contributed by atoms with Crippen LogP contribution in [-0.2, 0) is 4.74 Å². The van der Waals surface area contributed by atoms with Crippen molar-refractivity contribution in [2.75, 3.05) is 20.3 Å². The van der Waals surface area contributed by atoms with E-state index in [1.807, 2.05) is 18.2 Å². The Morgan fingerprint density at radius 3 is 2.42 bits per heavy atom. The van der Waals surface area contributed by atoms with Crippen LogP contribution in [0.4, 0.5) is 0 Å². The van der Waals surface area contributed by atoms with Gasteiger partial charge in [0.25, 0.3) is 11.8 Å². The molecule has 1 heterocycles. The number of esters is 1. The molecule has 0 bridgehead atoms. The fourth-order valence-corrected chi connectivity index (χ4v) is 2.38. The topological polar surface area (TPSA) is 72.9 Å². The molecule has 0 N–H and O–H groups in total. The predicted octanol–water partition coefficient (Wildman–Crippen LogP) is 2.15. The van der Waals surface area contributed by atoms with E-state index in [-0.39, 0.29) is 30.2 Å². The third-order valence-electron chi connectivity index (χ3n) is 3.65. The maximum absolute atomic E-state index is 12.0. The Kier molecular flexibility index (Phi) is 4.29. The molecule has 0 saturated carbocycles. The Hall–Kier alpha value is -3.15. The van der Waals surface area contributed by atoms with Gasteiger partial charge < -0.3 is 9.47 Å². The van der Waals surface area contributed by atoms with Crippen LogP contribution in [0.25, 0.3) is 0 Å². The van der Waals surface area contributed by atoms with Crippen LogP contribution in [0.15, 0.2) is 48.5 Å². The minimum atomic E-state index is -0.565. The highest BCUT2D eigenvalue weighted by molar-refractivity contribution is 6.21. The van der Waals surface area contributed by atoms with Crippen molar-refractivity contribution in [3.05, 3.63) is 65.2 Å². The van der Waals surface area contributed by atoms with Crippen LogP contribution in [0.1, 0.15) is 31.1 Å². The SMILES string of the molecule is CN1C(=O)c2ccc(C(=O)OCCOc3ccccc3)cc2C1=O. The fraction of sp³-hybridized carbons (Fsp3) is 0.167. The highest BCUT2D eigenvalue weighted by atomic mass is 16.6. The lowest BCUT2D eigenvalue weighted by atomic mass is 10.1. The first kappa shape index (κ1) is 15.7. The van der Waals surface area contributed by atoms with E-state index in [4.69, 9.17) is 9.47 Å². The van der Waals surface area contributed by atoms with E-state index in [1.165, 1.54) is 25.2 Å². The zero-order valence-corrected chi connectivity index (χ0v) is 13.0. The maximum atomic E-state index is 12.0. The first-order chi connectivity index (χ1) is 11.6. The molecule has 6 nitrogen and oxygen atoms in total. The molecule has 24 heavy (non-hydrogen) atoms. The maximum Gasteiger partial charge on any atom is 0.338 e. The molecule has 0 fully saturated rings. The van der Waals surface area contributed by atoms with Gasteiger partial charge in [-0.3, -0.25) is 14.5 Å². The lowest BCUT2D eigenvalue weighted by Crippen LogP contribution is -2.24. The molecule has 0 unspecified atom stereocenters. The standard InChI is InChI=1S/C18H15NO5/c1-19-16(20)14-8-7-12(11-15(14)17(19)21)18(22)24-10-9-23-13-5-3-2-4-6-13/h2-8,11H,9-10H2,1H3. The van der Waals surface area contributed by atoms with Crippen LogP contribution in [0, 0.1) is 0 Å². The average Bonchev–Trinajstić information content (AvgIpc) is 2.83. The molecule has 0 saturated heterocycles. The number of hydrogen-bond donors (Lipinski definition) is 0. The minimum absolute atomic E-state index is 0.0809. The fourth-order valence-electron chi connectivity index (χ4n) is 2.38. The van der Waals surface area contributed by atoms with Crippen molar-refractivity contribution >= 4 is 17.8 Å². The van der Waals surface area contributed by atoms with Gasteiger partial charge in [0, 0.05) is 7.05 Å². The molecular weight excluding hydrogens is 310 g/mol. The number of benzene rings is 2. The molecule has 0 atom stereocenters. The number of hydrogen-bond acceptors (Lipinski definition) is 5. The number of ether oxygens (including phenoxy) is 2. The summed E-state index contributed by atoms with van der Waals surface area (Å²) in [5.41, 5.74) is 0.744. The van der Waals surface area contributed by atoms with Gasteiger partial charge >= 0.3 is 5.97 Å². The van der Waals surface area contributed by atoms with Gasteiger partial charge in [-0.15, -0.1) is 0 Å². The number of carbonyl (C=O) groups excluding carboxylic acids is 3. The first-order valence-corrected chi connectivity index (χ1v) is 7.39. The monoisotopic (exact) mass is 325 g/mol. The number of rotatable bonds is 5. The van der Waals surface area contributed by atoms with Gasteiger partial charge in [0.15, 0.2) is 0 Å². The molecular formula is C18H15NO5. The third-order valence-corrected chi connectivity index (χ3v) is 3.65. The number of para-hydroxylation sites is 1. The van der Waals surface area contributed by atoms with Crippen LogP contribution in [-0.4, -0.2) is 42.9 Å². The highest BCUT2D eigenvalue weighted by Crippen LogP contribution is 2.23. The summed E-state index contributed by atoms with van der Waals surface area (Å²) >= 11 is 0. The van der Waals surface area contributed by atoms with E-state index in [9.17, 15) is 14.4 Å². The van der Waals surface area contributed by atoms with Crippen molar-refractivity contribution in [3.63, 3.8) is 0 Å². The molecule has 1 aliphatic rings. The normalized spacial score (nSPS) is 13.0. The Balaban J connectivity index is 1.58. The van der Waals surface area contributed by atoms with Gasteiger partial charge in [-0.1, -0.05) is 18.2 Å². The Morgan fingerprint density at radius 1 is 0.958 bits per heavy atom. The second-order valence-electron chi connectivity index (χ2n) is 5.23. The molecule has 2 aromatic rings. The van der Waals surface area contributed by atoms with Gasteiger partial charge in [0.2, 0.25) is 0 Å². The van der Waals surface area contributed by atoms with E-state index in [0.717, 1.165) is 4.90 Å². The van der Waals surface area contributed by atoms with Crippen LogP contribution < -0.4 is 4.74 Å². The molecule has 0 aliphatic carbocycles. The summed E-state index contributed by atoms with van der Waals surface area (Å²) in [7, 11) is 1.41. The summed E-state index contributed by atoms with van der Waals surface area (Å²) in [6, 6.07) is 13.5. The van der Waals surface area contributed by atoms with Crippen LogP contribution in [0.3, 0.4) is 0 Å². The molecule has 2 amide bonds. The summed E-state index contributed by atoms with van der Waals surface area (Å²) in [4.78, 5) is 36.8. The molecule has 0 aromatic heterocycles. The molecule has 6 heteroatoms. The molecule has 122 valence electrons. The number of carbonyl (C=O) groups is 3. The molecule has 1 aliphatic heterocycles. The van der Waals surface area contributed by atoms with Crippen LogP contribution >= 0.6 is 0 Å².